The minimum Gasteiger partial charge on any atom is -0.279 e. The fraction of sp³-hybridized carbons (Fsp3) is 0. The summed E-state index contributed by atoms with van der Waals surface area (Å²) < 4.78 is 28.0. The van der Waals surface area contributed by atoms with Gasteiger partial charge in [-0.15, -0.1) is 0 Å². The van der Waals surface area contributed by atoms with Gasteiger partial charge in [0.15, 0.2) is 0 Å². The fourth-order valence-electron chi connectivity index (χ4n) is 1.49. The van der Waals surface area contributed by atoms with Crippen molar-refractivity contribution < 1.29 is 8.42 Å². The third-order valence-corrected chi connectivity index (χ3v) is 4.57. The van der Waals surface area contributed by atoms with E-state index >= 15 is 0 Å². The highest BCUT2D eigenvalue weighted by Crippen LogP contribution is 2.27. The van der Waals surface area contributed by atoms with E-state index in [2.05, 4.69) is 36.6 Å². The molecule has 2 aromatic carbocycles. The Morgan fingerprint density at radius 1 is 1.00 bits per heavy atom. The normalized spacial score (nSPS) is 11.7. The third kappa shape index (κ3) is 4.47. The van der Waals surface area contributed by atoms with Crippen molar-refractivity contribution in [3.05, 3.63) is 68.4 Å². The number of sulfonamides is 1. The number of nitrogens with one attached hydrogen (secondary N) is 1. The molecule has 0 radical (unpaired) electrons. The van der Waals surface area contributed by atoms with Gasteiger partial charge in [0.1, 0.15) is 0 Å². The van der Waals surface area contributed by atoms with Gasteiger partial charge in [0, 0.05) is 8.95 Å². The second-order valence-corrected chi connectivity index (χ2v) is 7.32. The summed E-state index contributed by atoms with van der Waals surface area (Å²) in [4.78, 5) is 0. The monoisotopic (exact) mass is 415 g/mol. The molecular weight excluding hydrogens is 406 g/mol. The van der Waals surface area contributed by atoms with Gasteiger partial charge in [-0.3, -0.25) is 4.72 Å². The molecule has 3 nitrogen and oxygen atoms in total. The average molecular weight is 417 g/mol. The van der Waals surface area contributed by atoms with E-state index in [0.29, 0.717) is 10.2 Å². The lowest BCUT2D eigenvalue weighted by molar-refractivity contribution is 0.609. The minimum absolute atomic E-state index is 0.492. The highest BCUT2D eigenvalue weighted by Gasteiger charge is 2.08. The molecular formula is C14H11Br2NO2S. The molecule has 0 saturated carbocycles. The Balaban J connectivity index is 2.17. The summed E-state index contributed by atoms with van der Waals surface area (Å²) in [5, 5.41) is 1.15. The topological polar surface area (TPSA) is 46.2 Å². The second-order valence-electron chi connectivity index (χ2n) is 3.98. The molecule has 2 rings (SSSR count). The Morgan fingerprint density at radius 2 is 1.70 bits per heavy atom. The molecule has 0 atom stereocenters. The fourth-order valence-corrected chi connectivity index (χ4v) is 3.66. The second kappa shape index (κ2) is 6.56. The summed E-state index contributed by atoms with van der Waals surface area (Å²) >= 11 is 6.63. The van der Waals surface area contributed by atoms with Crippen molar-refractivity contribution in [2.75, 3.05) is 4.72 Å². The van der Waals surface area contributed by atoms with E-state index in [9.17, 15) is 8.42 Å². The van der Waals surface area contributed by atoms with Gasteiger partial charge in [0.25, 0.3) is 10.0 Å². The number of anilines is 1. The van der Waals surface area contributed by atoms with Crippen LogP contribution in [0.5, 0.6) is 0 Å². The van der Waals surface area contributed by atoms with Crippen LogP contribution < -0.4 is 4.72 Å². The molecule has 0 bridgehead atoms. The van der Waals surface area contributed by atoms with E-state index in [0.717, 1.165) is 15.4 Å². The lowest BCUT2D eigenvalue weighted by Gasteiger charge is -2.07. The molecule has 104 valence electrons. The predicted molar refractivity (Wildman–Crippen MR) is 89.9 cm³/mol. The van der Waals surface area contributed by atoms with E-state index < -0.39 is 10.0 Å². The van der Waals surface area contributed by atoms with Gasteiger partial charge in [-0.25, -0.2) is 8.42 Å². The molecule has 0 amide bonds. The molecule has 0 aliphatic heterocycles. The van der Waals surface area contributed by atoms with Crippen molar-refractivity contribution in [3.63, 3.8) is 0 Å². The van der Waals surface area contributed by atoms with Crippen LogP contribution in [0.1, 0.15) is 5.56 Å². The van der Waals surface area contributed by atoms with Crippen LogP contribution in [-0.2, 0) is 10.0 Å². The highest BCUT2D eigenvalue weighted by molar-refractivity contribution is 9.11. The van der Waals surface area contributed by atoms with E-state index in [4.69, 9.17) is 0 Å². The van der Waals surface area contributed by atoms with Crippen LogP contribution >= 0.6 is 31.9 Å². The summed E-state index contributed by atoms with van der Waals surface area (Å²) in [6, 6.07) is 14.5. The molecule has 1 N–H and O–H groups in total. The van der Waals surface area contributed by atoms with Crippen LogP contribution in [0.3, 0.4) is 0 Å². The van der Waals surface area contributed by atoms with Gasteiger partial charge in [-0.05, 0) is 45.8 Å². The van der Waals surface area contributed by atoms with Crippen molar-refractivity contribution in [1.82, 2.24) is 0 Å². The Hall–Kier alpha value is -1.11. The van der Waals surface area contributed by atoms with Crippen molar-refractivity contribution in [1.29, 1.82) is 0 Å². The van der Waals surface area contributed by atoms with E-state index in [1.54, 1.807) is 24.3 Å². The number of benzene rings is 2. The first-order valence-corrected chi connectivity index (χ1v) is 8.80. The lowest BCUT2D eigenvalue weighted by atomic mass is 10.2. The van der Waals surface area contributed by atoms with Crippen molar-refractivity contribution in [2.45, 2.75) is 0 Å². The van der Waals surface area contributed by atoms with Crippen molar-refractivity contribution in [2.24, 2.45) is 0 Å². The maximum Gasteiger partial charge on any atom is 0.255 e. The van der Waals surface area contributed by atoms with Crippen molar-refractivity contribution >= 4 is 53.6 Å². The standard InChI is InChI=1S/C14H11Br2NO2S/c15-12-6-7-14(13(16)10-12)17-20(18,19)9-8-11-4-2-1-3-5-11/h1-10,17H. The van der Waals surface area contributed by atoms with Gasteiger partial charge < -0.3 is 0 Å². The summed E-state index contributed by atoms with van der Waals surface area (Å²) in [7, 11) is -3.54. The first kappa shape index (κ1) is 15.3. The zero-order valence-corrected chi connectivity index (χ0v) is 14.2. The average Bonchev–Trinajstić information content (AvgIpc) is 2.41. The molecule has 0 aliphatic carbocycles. The minimum atomic E-state index is -3.54. The molecule has 0 saturated heterocycles. The van der Waals surface area contributed by atoms with Crippen LogP contribution in [0.2, 0.25) is 0 Å². The predicted octanol–water partition coefficient (Wildman–Crippen LogP) is 4.62. The largest absolute Gasteiger partial charge is 0.279 e. The van der Waals surface area contributed by atoms with Crippen LogP contribution in [0.4, 0.5) is 5.69 Å². The Bertz CT molecular complexity index is 728. The van der Waals surface area contributed by atoms with E-state index in [-0.39, 0.29) is 0 Å². The molecule has 0 aliphatic rings. The molecule has 0 heterocycles. The van der Waals surface area contributed by atoms with Crippen LogP contribution in [0, 0.1) is 0 Å². The Labute approximate surface area is 135 Å². The lowest BCUT2D eigenvalue weighted by Crippen LogP contribution is -2.09. The summed E-state index contributed by atoms with van der Waals surface area (Å²) in [6.45, 7) is 0. The molecule has 0 aromatic heterocycles. The van der Waals surface area contributed by atoms with E-state index in [1.807, 2.05) is 30.3 Å². The van der Waals surface area contributed by atoms with Crippen molar-refractivity contribution in [3.8, 4) is 0 Å². The van der Waals surface area contributed by atoms with E-state index in [1.165, 1.54) is 0 Å². The van der Waals surface area contributed by atoms with Gasteiger partial charge in [0.2, 0.25) is 0 Å². The first-order chi connectivity index (χ1) is 9.46. The van der Waals surface area contributed by atoms with Crippen LogP contribution in [0.15, 0.2) is 62.9 Å². The number of hydrogen-bond donors (Lipinski definition) is 1. The molecule has 20 heavy (non-hydrogen) atoms. The molecule has 0 fully saturated rings. The maximum atomic E-state index is 12.0. The Morgan fingerprint density at radius 3 is 2.35 bits per heavy atom. The zero-order chi connectivity index (χ0) is 14.6. The first-order valence-electron chi connectivity index (χ1n) is 5.67. The number of hydrogen-bond acceptors (Lipinski definition) is 2. The summed E-state index contributed by atoms with van der Waals surface area (Å²) in [6.07, 6.45) is 1.55. The zero-order valence-electron chi connectivity index (χ0n) is 10.3. The SMILES string of the molecule is O=S(=O)(C=Cc1ccccc1)Nc1ccc(Br)cc1Br. The number of halogens is 2. The van der Waals surface area contributed by atoms with Crippen LogP contribution in [-0.4, -0.2) is 8.42 Å². The van der Waals surface area contributed by atoms with Gasteiger partial charge in [0.05, 0.1) is 11.1 Å². The molecule has 0 unspecified atom stereocenters. The number of rotatable bonds is 4. The smallest absolute Gasteiger partial charge is 0.255 e. The van der Waals surface area contributed by atoms with Crippen LogP contribution in [0.25, 0.3) is 6.08 Å². The maximum absolute atomic E-state index is 12.0. The summed E-state index contributed by atoms with van der Waals surface area (Å²) in [5.41, 5.74) is 1.32. The van der Waals surface area contributed by atoms with Gasteiger partial charge in [-0.2, -0.15) is 0 Å². The van der Waals surface area contributed by atoms with Gasteiger partial charge >= 0.3 is 0 Å². The van der Waals surface area contributed by atoms with Gasteiger partial charge in [-0.1, -0.05) is 46.3 Å². The molecule has 0 spiro atoms. The Kier molecular flexibility index (Phi) is 5.01. The molecule has 2 aromatic rings. The summed E-state index contributed by atoms with van der Waals surface area (Å²) in [5.74, 6) is 0. The molecule has 6 heteroatoms. The third-order valence-electron chi connectivity index (χ3n) is 2.42. The quantitative estimate of drug-likeness (QED) is 0.789. The highest BCUT2D eigenvalue weighted by atomic mass is 79.9.